The summed E-state index contributed by atoms with van der Waals surface area (Å²) >= 11 is 3.35. The van der Waals surface area contributed by atoms with Crippen molar-refractivity contribution in [2.45, 2.75) is 52.4 Å². The van der Waals surface area contributed by atoms with Crippen LogP contribution in [0.3, 0.4) is 0 Å². The molecule has 2 aromatic rings. The van der Waals surface area contributed by atoms with Crippen LogP contribution in [0.4, 0.5) is 17.6 Å². The van der Waals surface area contributed by atoms with Crippen molar-refractivity contribution in [3.05, 3.63) is 59.7 Å². The molecule has 0 atom stereocenters. The summed E-state index contributed by atoms with van der Waals surface area (Å²) < 4.78 is 55.0. The number of ether oxygens (including phenoxy) is 1. The van der Waals surface area contributed by atoms with Crippen molar-refractivity contribution < 1.29 is 147 Å². The van der Waals surface area contributed by atoms with Gasteiger partial charge in [-0.2, -0.15) is 8.78 Å². The van der Waals surface area contributed by atoms with Gasteiger partial charge in [0.15, 0.2) is 29.0 Å². The number of phenols is 1. The fourth-order valence-corrected chi connectivity index (χ4v) is 2.36. The van der Waals surface area contributed by atoms with Crippen LogP contribution in [0.5, 0.6) is 11.5 Å². The Balaban J connectivity index is -0.000000127. The van der Waals surface area contributed by atoms with Crippen molar-refractivity contribution in [2.75, 3.05) is 11.9 Å². The van der Waals surface area contributed by atoms with Crippen molar-refractivity contribution in [2.24, 2.45) is 0 Å². The molecule has 0 bridgehead atoms. The molecule has 5 nitrogen and oxygen atoms in total. The van der Waals surface area contributed by atoms with Crippen LogP contribution in [-0.4, -0.2) is 23.5 Å². The first-order chi connectivity index (χ1) is 15.8. The van der Waals surface area contributed by atoms with E-state index in [-0.39, 0.29) is 116 Å². The normalized spacial score (nSPS) is 8.69. The van der Waals surface area contributed by atoms with Gasteiger partial charge < -0.3 is 21.4 Å². The molecule has 12 heteroatoms. The van der Waals surface area contributed by atoms with E-state index in [0.29, 0.717) is 6.61 Å². The van der Waals surface area contributed by atoms with Gasteiger partial charge in [0.1, 0.15) is 0 Å². The molecule has 0 unspecified atom stereocenters. The third kappa shape index (κ3) is 25.0. The van der Waals surface area contributed by atoms with E-state index in [1.807, 2.05) is 0 Å². The van der Waals surface area contributed by atoms with E-state index in [1.165, 1.54) is 42.8 Å². The molecule has 0 spiro atoms. The van der Waals surface area contributed by atoms with Crippen LogP contribution in [0.15, 0.2) is 36.4 Å². The summed E-state index contributed by atoms with van der Waals surface area (Å²) in [4.78, 5) is 11.2. The number of aromatic hydroxyl groups is 1. The van der Waals surface area contributed by atoms with E-state index in [9.17, 15) is 17.6 Å². The SMILES string of the molecule is CCCCCBr.CCCCCOc1cccc(F)c1F.O=CO[O-].Oc1cccc(F)c1F.[H-].[K+].[K+]. The number of halogens is 5. The molecule has 0 aromatic heterocycles. The van der Waals surface area contributed by atoms with Gasteiger partial charge in [-0.05, 0) is 37.1 Å². The Bertz CT molecular complexity index is 744. The van der Waals surface area contributed by atoms with Crippen LogP contribution < -0.4 is 113 Å². The van der Waals surface area contributed by atoms with E-state index in [4.69, 9.17) is 19.9 Å². The summed E-state index contributed by atoms with van der Waals surface area (Å²) in [7, 11) is 0. The molecule has 0 amide bonds. The molecule has 2 rings (SSSR count). The molecule has 2 aromatic carbocycles. The molecule has 0 saturated heterocycles. The van der Waals surface area contributed by atoms with Crippen LogP contribution in [0, 0.1) is 23.3 Å². The number of phenolic OH excluding ortho intramolecular Hbond substituents is 1. The number of carbonyl (C=O) groups excluding carboxylic acids is 1. The summed E-state index contributed by atoms with van der Waals surface area (Å²) in [5.74, 6) is -4.65. The molecule has 35 heavy (non-hydrogen) atoms. The second-order valence-electron chi connectivity index (χ2n) is 6.27. The topological polar surface area (TPSA) is 78.8 Å². The van der Waals surface area contributed by atoms with Crippen molar-refractivity contribution in [3.8, 4) is 11.5 Å². The largest absolute Gasteiger partial charge is 1.00 e. The van der Waals surface area contributed by atoms with E-state index < -0.39 is 29.0 Å². The Labute approximate surface area is 299 Å². The molecule has 0 aliphatic heterocycles. The maximum atomic E-state index is 13.0. The zero-order valence-corrected chi connectivity index (χ0v) is 28.5. The number of unbranched alkanes of at least 4 members (excludes halogenated alkanes) is 4. The van der Waals surface area contributed by atoms with Crippen LogP contribution in [0.25, 0.3) is 0 Å². The standard InChI is InChI=1S/C11H14F2O.C6H4F2O.C5H11Br.CH2O3.2K.H/c1-2-3-4-8-14-10-7-5-6-9(12)11(10)13;7-4-2-1-3-5(9)6(4)8;1-2-3-4-5-6;2-1-4-3;;;/h5-7H,2-4,8H2,1H3;1-3,9H;2-5H2,1H3;1,3H;;;/q;;;;2*+1;-1/p-1. The quantitative estimate of drug-likeness (QED) is 0.0832. The van der Waals surface area contributed by atoms with Crippen molar-refractivity contribution in [1.82, 2.24) is 0 Å². The monoisotopic (exact) mass is 620 g/mol. The molecule has 0 aliphatic rings. The smallest absolute Gasteiger partial charge is 1.00 e. The molecule has 0 fully saturated rings. The van der Waals surface area contributed by atoms with Crippen LogP contribution >= 0.6 is 15.9 Å². The number of rotatable bonds is 9. The summed E-state index contributed by atoms with van der Waals surface area (Å²) in [6.07, 6.45) is 7.01. The molecule has 0 heterocycles. The maximum Gasteiger partial charge on any atom is 1.00 e. The first-order valence-corrected chi connectivity index (χ1v) is 11.4. The van der Waals surface area contributed by atoms with E-state index in [0.717, 1.165) is 37.5 Å². The van der Waals surface area contributed by atoms with E-state index in [2.05, 4.69) is 34.7 Å². The second kappa shape index (κ2) is 31.2. The predicted molar refractivity (Wildman–Crippen MR) is 121 cm³/mol. The Morgan fingerprint density at radius 3 is 1.80 bits per heavy atom. The van der Waals surface area contributed by atoms with Crippen molar-refractivity contribution >= 4 is 22.4 Å². The zero-order valence-electron chi connectivity index (χ0n) is 21.7. The van der Waals surface area contributed by atoms with Gasteiger partial charge in [0.25, 0.3) is 6.47 Å². The minimum Gasteiger partial charge on any atom is -1.00 e. The first kappa shape index (κ1) is 43.0. The predicted octanol–water partition coefficient (Wildman–Crippen LogP) is 0.331. The summed E-state index contributed by atoms with van der Waals surface area (Å²) in [5.41, 5.74) is 0. The Kier molecular flexibility index (Phi) is 38.3. The average Bonchev–Trinajstić information content (AvgIpc) is 2.82. The van der Waals surface area contributed by atoms with Crippen molar-refractivity contribution in [3.63, 3.8) is 0 Å². The Morgan fingerprint density at radius 2 is 1.40 bits per heavy atom. The van der Waals surface area contributed by atoms with Gasteiger partial charge in [-0.25, -0.2) is 8.78 Å². The van der Waals surface area contributed by atoms with Gasteiger partial charge in [0.05, 0.1) is 6.61 Å². The minimum absolute atomic E-state index is 0. The Hall–Kier alpha value is 0.943. The van der Waals surface area contributed by atoms with Gasteiger partial charge in [0.2, 0.25) is 5.82 Å². The fourth-order valence-electron chi connectivity index (χ4n) is 1.97. The summed E-state index contributed by atoms with van der Waals surface area (Å²) in [5, 5.41) is 18.1. The average molecular weight is 622 g/mol. The molecule has 0 aliphatic carbocycles. The van der Waals surface area contributed by atoms with Gasteiger partial charge in [-0.1, -0.05) is 67.6 Å². The maximum absolute atomic E-state index is 13.0. The second-order valence-corrected chi connectivity index (χ2v) is 7.06. The molecule has 0 radical (unpaired) electrons. The van der Waals surface area contributed by atoms with E-state index in [1.54, 1.807) is 0 Å². The van der Waals surface area contributed by atoms with Gasteiger partial charge in [-0.15, -0.1) is 0 Å². The van der Waals surface area contributed by atoms with Crippen molar-refractivity contribution in [1.29, 1.82) is 0 Å². The third-order valence-electron chi connectivity index (χ3n) is 3.63. The number of carbonyl (C=O) groups is 1. The van der Waals surface area contributed by atoms with Gasteiger partial charge >= 0.3 is 103 Å². The first-order valence-electron chi connectivity index (χ1n) is 10.3. The molecule has 0 saturated carbocycles. The number of benzene rings is 2. The van der Waals surface area contributed by atoms with Crippen LogP contribution in [-0.2, 0) is 9.68 Å². The molecular weight excluding hydrogens is 590 g/mol. The molecular formula is C23H31BrF4K2O5. The summed E-state index contributed by atoms with van der Waals surface area (Å²) in [6, 6.07) is 7.20. The number of alkyl halides is 1. The third-order valence-corrected chi connectivity index (χ3v) is 4.19. The molecule has 190 valence electrons. The van der Waals surface area contributed by atoms with Gasteiger partial charge in [0, 0.05) is 5.33 Å². The zero-order chi connectivity index (χ0) is 25.5. The Morgan fingerprint density at radius 1 is 0.914 bits per heavy atom. The van der Waals surface area contributed by atoms with Gasteiger partial charge in [-0.3, -0.25) is 4.79 Å². The van der Waals surface area contributed by atoms with Crippen LogP contribution in [0.2, 0.25) is 0 Å². The number of hydrogen-bond acceptors (Lipinski definition) is 5. The fraction of sp³-hybridized carbons (Fsp3) is 0.435. The van der Waals surface area contributed by atoms with E-state index >= 15 is 0 Å². The molecule has 1 N–H and O–H groups in total. The number of hydrogen-bond donors (Lipinski definition) is 1. The van der Waals surface area contributed by atoms with Crippen LogP contribution in [0.1, 0.15) is 53.8 Å². The summed E-state index contributed by atoms with van der Waals surface area (Å²) in [6.45, 7) is 4.54. The minimum atomic E-state index is -1.20.